The summed E-state index contributed by atoms with van der Waals surface area (Å²) < 4.78 is 0. The molecule has 0 aliphatic rings. The third kappa shape index (κ3) is 17.8. The second-order valence-corrected chi connectivity index (χ2v) is 10.9. The van der Waals surface area contributed by atoms with E-state index in [1.807, 2.05) is 0 Å². The van der Waals surface area contributed by atoms with Crippen LogP contribution in [0.2, 0.25) is 0 Å². The molecule has 0 unspecified atom stereocenters. The summed E-state index contributed by atoms with van der Waals surface area (Å²) in [4.78, 5) is 1.66. The highest BCUT2D eigenvalue weighted by atomic mass is 16.4. The lowest BCUT2D eigenvalue weighted by Gasteiger charge is -2.33. The number of nitrogens with zero attached hydrogens (tertiary/aromatic N) is 1. The molecule has 0 aromatic heterocycles. The summed E-state index contributed by atoms with van der Waals surface area (Å²) in [5, 5.41) is 79.7. The van der Waals surface area contributed by atoms with Gasteiger partial charge in [0.2, 0.25) is 0 Å². The fourth-order valence-electron chi connectivity index (χ4n) is 4.56. The van der Waals surface area contributed by atoms with Crippen molar-refractivity contribution in [2.75, 3.05) is 19.6 Å². The van der Waals surface area contributed by atoms with E-state index in [-0.39, 0.29) is 13.1 Å². The van der Waals surface area contributed by atoms with Crippen LogP contribution >= 0.6 is 0 Å². The number of hydrogen-bond donors (Lipinski definition) is 8. The highest BCUT2D eigenvalue weighted by Crippen LogP contribution is 2.15. The van der Waals surface area contributed by atoms with Gasteiger partial charge in [-0.15, -0.1) is 0 Å². The molecular formula is C28H59NO8. The van der Waals surface area contributed by atoms with E-state index in [0.29, 0.717) is 6.54 Å². The standard InChI is InChI=1S/C28H59NO8/c1-4-5-6-7-8-9-10-11-12-13-14-15-16-17-18-29(19-23(32)27(36)25(34)21(2)30)20-24(33)28(37)26(35)22(3)31/h21-28,30-37H,4-20H2,1-3H3/t21-,22-,23+,24+,25+,26+,27-,28-/m1/s1. The zero-order valence-electron chi connectivity index (χ0n) is 23.7. The van der Waals surface area contributed by atoms with E-state index in [0.717, 1.165) is 25.7 Å². The predicted octanol–water partition coefficient (Wildman–Crippen LogP) is 1.70. The van der Waals surface area contributed by atoms with Crippen molar-refractivity contribution in [2.45, 2.75) is 159 Å². The van der Waals surface area contributed by atoms with Crippen LogP contribution in [0.15, 0.2) is 0 Å². The summed E-state index contributed by atoms with van der Waals surface area (Å²) in [6.45, 7) is 5.13. The van der Waals surface area contributed by atoms with Crippen molar-refractivity contribution in [1.29, 1.82) is 0 Å². The second-order valence-electron chi connectivity index (χ2n) is 10.9. The van der Waals surface area contributed by atoms with Crippen molar-refractivity contribution >= 4 is 0 Å². The van der Waals surface area contributed by atoms with Gasteiger partial charge in [-0.1, -0.05) is 90.4 Å². The Hall–Kier alpha value is -0.360. The lowest BCUT2D eigenvalue weighted by molar-refractivity contribution is -0.119. The van der Waals surface area contributed by atoms with Gasteiger partial charge in [0.05, 0.1) is 24.4 Å². The molecule has 0 saturated carbocycles. The van der Waals surface area contributed by atoms with Crippen LogP contribution in [0.3, 0.4) is 0 Å². The van der Waals surface area contributed by atoms with Crippen LogP contribution < -0.4 is 0 Å². The molecule has 0 radical (unpaired) electrons. The zero-order chi connectivity index (χ0) is 28.2. The van der Waals surface area contributed by atoms with Crippen LogP contribution in [0.25, 0.3) is 0 Å². The van der Waals surface area contributed by atoms with Gasteiger partial charge in [0, 0.05) is 13.1 Å². The van der Waals surface area contributed by atoms with Crippen molar-refractivity contribution in [3.8, 4) is 0 Å². The van der Waals surface area contributed by atoms with Crippen LogP contribution in [0.5, 0.6) is 0 Å². The number of unbranched alkanes of at least 4 members (excludes halogenated alkanes) is 13. The first-order chi connectivity index (χ1) is 17.5. The molecule has 8 atom stereocenters. The van der Waals surface area contributed by atoms with Gasteiger partial charge in [-0.3, -0.25) is 4.90 Å². The number of aliphatic hydroxyl groups excluding tert-OH is 8. The normalized spacial score (nSPS) is 18.8. The van der Waals surface area contributed by atoms with Crippen LogP contribution in [0, 0.1) is 0 Å². The average Bonchev–Trinajstić information content (AvgIpc) is 2.86. The first-order valence-corrected chi connectivity index (χ1v) is 14.7. The Bertz CT molecular complexity index is 483. The van der Waals surface area contributed by atoms with Crippen molar-refractivity contribution in [2.24, 2.45) is 0 Å². The van der Waals surface area contributed by atoms with Gasteiger partial charge >= 0.3 is 0 Å². The van der Waals surface area contributed by atoms with Crippen molar-refractivity contribution in [3.05, 3.63) is 0 Å². The van der Waals surface area contributed by atoms with Gasteiger partial charge in [-0.05, 0) is 26.8 Å². The topological polar surface area (TPSA) is 165 Å². The maximum Gasteiger partial charge on any atom is 0.109 e. The van der Waals surface area contributed by atoms with Gasteiger partial charge in [0.1, 0.15) is 24.4 Å². The molecule has 0 heterocycles. The van der Waals surface area contributed by atoms with Gasteiger partial charge < -0.3 is 40.9 Å². The Labute approximate surface area is 225 Å². The van der Waals surface area contributed by atoms with E-state index in [4.69, 9.17) is 0 Å². The minimum absolute atomic E-state index is 0.0993. The molecule has 0 aliphatic carbocycles. The average molecular weight is 538 g/mol. The second kappa shape index (κ2) is 22.5. The smallest absolute Gasteiger partial charge is 0.109 e. The Kier molecular flexibility index (Phi) is 22.2. The van der Waals surface area contributed by atoms with Crippen LogP contribution in [0.1, 0.15) is 111 Å². The molecule has 0 amide bonds. The SMILES string of the molecule is CCCCCCCCCCCCCCCCN(C[C@H](O)[C@@H](O)[C@@H](O)[C@@H](C)O)C[C@H](O)[C@@H](O)[C@@H](O)[C@@H](C)O. The first-order valence-electron chi connectivity index (χ1n) is 14.7. The quantitative estimate of drug-likeness (QED) is 0.0809. The molecule has 0 aliphatic heterocycles. The van der Waals surface area contributed by atoms with E-state index < -0.39 is 48.8 Å². The molecule has 0 aromatic rings. The van der Waals surface area contributed by atoms with Crippen LogP contribution in [-0.4, -0.2) is 114 Å². The highest BCUT2D eigenvalue weighted by Gasteiger charge is 2.32. The molecule has 224 valence electrons. The predicted molar refractivity (Wildman–Crippen MR) is 146 cm³/mol. The summed E-state index contributed by atoms with van der Waals surface area (Å²) in [6, 6.07) is 0. The highest BCUT2D eigenvalue weighted by molar-refractivity contribution is 4.84. The summed E-state index contributed by atoms with van der Waals surface area (Å²) in [6.07, 6.45) is 5.65. The molecule has 9 nitrogen and oxygen atoms in total. The Morgan fingerprint density at radius 2 is 0.730 bits per heavy atom. The first kappa shape index (κ1) is 36.6. The summed E-state index contributed by atoms with van der Waals surface area (Å²) >= 11 is 0. The molecule has 0 spiro atoms. The third-order valence-electron chi connectivity index (χ3n) is 7.20. The molecule has 8 N–H and O–H groups in total. The third-order valence-corrected chi connectivity index (χ3v) is 7.20. The van der Waals surface area contributed by atoms with E-state index in [1.54, 1.807) is 4.90 Å². The molecule has 0 aromatic carbocycles. The fourth-order valence-corrected chi connectivity index (χ4v) is 4.56. The number of rotatable bonds is 25. The monoisotopic (exact) mass is 537 g/mol. The maximum atomic E-state index is 10.4. The lowest BCUT2D eigenvalue weighted by Crippen LogP contribution is -2.52. The molecule has 0 saturated heterocycles. The zero-order valence-corrected chi connectivity index (χ0v) is 23.7. The summed E-state index contributed by atoms with van der Waals surface area (Å²) in [5.74, 6) is 0. The fraction of sp³-hybridized carbons (Fsp3) is 1.00. The molecule has 0 bridgehead atoms. The van der Waals surface area contributed by atoms with Gasteiger partial charge in [0.25, 0.3) is 0 Å². The molecule has 9 heteroatoms. The minimum atomic E-state index is -1.58. The van der Waals surface area contributed by atoms with E-state index in [9.17, 15) is 40.9 Å². The molecule has 0 rings (SSSR count). The van der Waals surface area contributed by atoms with E-state index in [2.05, 4.69) is 6.92 Å². The van der Waals surface area contributed by atoms with Gasteiger partial charge in [0.15, 0.2) is 0 Å². The lowest BCUT2D eigenvalue weighted by atomic mass is 10.0. The van der Waals surface area contributed by atoms with E-state index in [1.165, 1.54) is 78.1 Å². The van der Waals surface area contributed by atoms with Crippen LogP contribution in [-0.2, 0) is 0 Å². The van der Waals surface area contributed by atoms with Gasteiger partial charge in [-0.25, -0.2) is 0 Å². The Morgan fingerprint density at radius 1 is 0.432 bits per heavy atom. The summed E-state index contributed by atoms with van der Waals surface area (Å²) in [7, 11) is 0. The van der Waals surface area contributed by atoms with Gasteiger partial charge in [-0.2, -0.15) is 0 Å². The van der Waals surface area contributed by atoms with Crippen molar-refractivity contribution in [1.82, 2.24) is 4.90 Å². The molecule has 0 fully saturated rings. The Balaban J connectivity index is 4.41. The van der Waals surface area contributed by atoms with Crippen LogP contribution in [0.4, 0.5) is 0 Å². The Morgan fingerprint density at radius 3 is 1.03 bits per heavy atom. The summed E-state index contributed by atoms with van der Waals surface area (Å²) in [5.41, 5.74) is 0. The molecule has 37 heavy (non-hydrogen) atoms. The van der Waals surface area contributed by atoms with Crippen molar-refractivity contribution in [3.63, 3.8) is 0 Å². The minimum Gasteiger partial charge on any atom is -0.391 e. The maximum absolute atomic E-state index is 10.4. The van der Waals surface area contributed by atoms with E-state index >= 15 is 0 Å². The number of hydrogen-bond acceptors (Lipinski definition) is 9. The van der Waals surface area contributed by atoms with Crippen molar-refractivity contribution < 1.29 is 40.9 Å². The number of aliphatic hydroxyl groups is 8. The largest absolute Gasteiger partial charge is 0.391 e. The molecular weight excluding hydrogens is 478 g/mol.